The standard InChI is InChI=1S/C14H21F2N3O2/c1-3-18(10-14(2,15)16)12-8-11(9-13(20)17-12)19-4-6-21-7-5-19/h8-9H,3-7,10H2,1-2H3,(H,17,20). The Bertz CT molecular complexity index is 522. The third kappa shape index (κ3) is 4.42. The number of aromatic amines is 1. The number of hydrogen-bond acceptors (Lipinski definition) is 4. The Kier molecular flexibility index (Phi) is 4.82. The number of aromatic nitrogens is 1. The van der Waals surface area contributed by atoms with Gasteiger partial charge >= 0.3 is 0 Å². The van der Waals surface area contributed by atoms with Crippen molar-refractivity contribution < 1.29 is 13.5 Å². The fourth-order valence-corrected chi connectivity index (χ4v) is 2.39. The third-order valence-corrected chi connectivity index (χ3v) is 3.38. The lowest BCUT2D eigenvalue weighted by Crippen LogP contribution is -2.38. The number of rotatable bonds is 5. The van der Waals surface area contributed by atoms with E-state index in [0.717, 1.165) is 12.6 Å². The van der Waals surface area contributed by atoms with Crippen LogP contribution < -0.4 is 15.4 Å². The summed E-state index contributed by atoms with van der Waals surface area (Å²) in [4.78, 5) is 18.0. The molecule has 1 fully saturated rings. The van der Waals surface area contributed by atoms with Crippen LogP contribution in [-0.4, -0.2) is 50.3 Å². The summed E-state index contributed by atoms with van der Waals surface area (Å²) in [6, 6.07) is 3.24. The van der Waals surface area contributed by atoms with E-state index in [1.165, 1.54) is 11.0 Å². The maximum atomic E-state index is 13.2. The second-order valence-electron chi connectivity index (χ2n) is 5.27. The topological polar surface area (TPSA) is 48.6 Å². The minimum absolute atomic E-state index is 0.285. The normalized spacial score (nSPS) is 16.1. The minimum Gasteiger partial charge on any atom is -0.378 e. The van der Waals surface area contributed by atoms with Gasteiger partial charge in [-0.15, -0.1) is 0 Å². The quantitative estimate of drug-likeness (QED) is 0.899. The van der Waals surface area contributed by atoms with Gasteiger partial charge in [0.25, 0.3) is 11.5 Å². The Balaban J connectivity index is 2.26. The number of halogens is 2. The first kappa shape index (κ1) is 15.8. The highest BCUT2D eigenvalue weighted by atomic mass is 19.3. The lowest BCUT2D eigenvalue weighted by molar-refractivity contribution is 0.0300. The molecule has 0 amide bonds. The van der Waals surface area contributed by atoms with Crippen molar-refractivity contribution in [2.24, 2.45) is 0 Å². The van der Waals surface area contributed by atoms with Gasteiger partial charge in [0.1, 0.15) is 5.82 Å². The van der Waals surface area contributed by atoms with Crippen molar-refractivity contribution in [1.29, 1.82) is 0 Å². The van der Waals surface area contributed by atoms with Crippen LogP contribution in [-0.2, 0) is 4.74 Å². The summed E-state index contributed by atoms with van der Waals surface area (Å²) in [5, 5.41) is 0. The molecular formula is C14H21F2N3O2. The number of alkyl halides is 2. The first-order valence-corrected chi connectivity index (χ1v) is 7.09. The molecule has 0 spiro atoms. The van der Waals surface area contributed by atoms with Crippen LogP contribution in [0.2, 0.25) is 0 Å². The lowest BCUT2D eigenvalue weighted by Gasteiger charge is -2.30. The predicted molar refractivity (Wildman–Crippen MR) is 78.6 cm³/mol. The molecule has 1 N–H and O–H groups in total. The zero-order valence-corrected chi connectivity index (χ0v) is 12.4. The highest BCUT2D eigenvalue weighted by Crippen LogP contribution is 2.22. The van der Waals surface area contributed by atoms with Crippen LogP contribution in [0.15, 0.2) is 16.9 Å². The van der Waals surface area contributed by atoms with Crippen LogP contribution in [0.1, 0.15) is 13.8 Å². The van der Waals surface area contributed by atoms with E-state index in [9.17, 15) is 13.6 Å². The molecule has 2 heterocycles. The van der Waals surface area contributed by atoms with E-state index in [2.05, 4.69) is 4.98 Å². The summed E-state index contributed by atoms with van der Waals surface area (Å²) in [6.07, 6.45) is 0. The van der Waals surface area contributed by atoms with Gasteiger partial charge in [0.2, 0.25) is 0 Å². The number of morpholine rings is 1. The number of nitrogens with zero attached hydrogens (tertiary/aromatic N) is 2. The number of anilines is 2. The molecule has 0 unspecified atom stereocenters. The van der Waals surface area contributed by atoms with Crippen molar-refractivity contribution in [2.45, 2.75) is 19.8 Å². The molecule has 0 atom stereocenters. The van der Waals surface area contributed by atoms with Crippen molar-refractivity contribution in [1.82, 2.24) is 4.98 Å². The van der Waals surface area contributed by atoms with Crippen molar-refractivity contribution >= 4 is 11.5 Å². The smallest absolute Gasteiger partial charge is 0.262 e. The van der Waals surface area contributed by atoms with Gasteiger partial charge in [-0.3, -0.25) is 4.79 Å². The highest BCUT2D eigenvalue weighted by Gasteiger charge is 2.25. The fourth-order valence-electron chi connectivity index (χ4n) is 2.39. The van der Waals surface area contributed by atoms with Crippen LogP contribution in [0.4, 0.5) is 20.3 Å². The summed E-state index contributed by atoms with van der Waals surface area (Å²) in [7, 11) is 0. The molecular weight excluding hydrogens is 280 g/mol. The monoisotopic (exact) mass is 301 g/mol. The molecule has 0 aliphatic carbocycles. The summed E-state index contributed by atoms with van der Waals surface area (Å²) >= 11 is 0. The first-order chi connectivity index (χ1) is 9.89. The van der Waals surface area contributed by atoms with Crippen molar-refractivity contribution in [3.63, 3.8) is 0 Å². The first-order valence-electron chi connectivity index (χ1n) is 7.09. The van der Waals surface area contributed by atoms with Crippen LogP contribution in [0, 0.1) is 0 Å². The van der Waals surface area contributed by atoms with E-state index in [4.69, 9.17) is 4.74 Å². The third-order valence-electron chi connectivity index (χ3n) is 3.38. The van der Waals surface area contributed by atoms with Gasteiger partial charge in [0.15, 0.2) is 0 Å². The van der Waals surface area contributed by atoms with Crippen LogP contribution >= 0.6 is 0 Å². The summed E-state index contributed by atoms with van der Waals surface area (Å²) < 4.78 is 31.8. The van der Waals surface area contributed by atoms with E-state index < -0.39 is 12.5 Å². The van der Waals surface area contributed by atoms with Gasteiger partial charge in [-0.2, -0.15) is 0 Å². The average Bonchev–Trinajstić information content (AvgIpc) is 2.44. The largest absolute Gasteiger partial charge is 0.378 e. The number of nitrogens with one attached hydrogen (secondary N) is 1. The molecule has 0 aromatic carbocycles. The zero-order chi connectivity index (χ0) is 15.5. The Labute approximate surface area is 122 Å². The van der Waals surface area contributed by atoms with Gasteiger partial charge in [-0.05, 0) is 6.92 Å². The number of H-pyrrole nitrogens is 1. The number of ether oxygens (including phenoxy) is 1. The Hall–Kier alpha value is -1.63. The van der Waals surface area contributed by atoms with Gasteiger partial charge in [0.05, 0.1) is 19.8 Å². The molecule has 1 saturated heterocycles. The average molecular weight is 301 g/mol. The van der Waals surface area contributed by atoms with Crippen LogP contribution in [0.5, 0.6) is 0 Å². The molecule has 0 radical (unpaired) electrons. The summed E-state index contributed by atoms with van der Waals surface area (Å²) in [6.45, 7) is 5.22. The minimum atomic E-state index is -2.82. The molecule has 1 aliphatic rings. The molecule has 0 saturated carbocycles. The number of hydrogen-bond donors (Lipinski definition) is 1. The molecule has 21 heavy (non-hydrogen) atoms. The fraction of sp³-hybridized carbons (Fsp3) is 0.643. The van der Waals surface area contributed by atoms with Gasteiger partial charge in [-0.25, -0.2) is 8.78 Å². The van der Waals surface area contributed by atoms with E-state index in [1.807, 2.05) is 4.90 Å². The second kappa shape index (κ2) is 6.43. The van der Waals surface area contributed by atoms with Crippen molar-refractivity contribution in [3.05, 3.63) is 22.5 Å². The van der Waals surface area contributed by atoms with E-state index >= 15 is 0 Å². The maximum absolute atomic E-state index is 13.2. The zero-order valence-electron chi connectivity index (χ0n) is 12.4. The SMILES string of the molecule is CCN(CC(C)(F)F)c1cc(N2CCOCC2)cc(=O)[nH]1. The molecule has 5 nitrogen and oxygen atoms in total. The molecule has 1 aromatic rings. The van der Waals surface area contributed by atoms with Gasteiger partial charge in [-0.1, -0.05) is 0 Å². The van der Waals surface area contributed by atoms with Gasteiger partial charge < -0.3 is 19.5 Å². The van der Waals surface area contributed by atoms with Crippen LogP contribution in [0.3, 0.4) is 0 Å². The second-order valence-corrected chi connectivity index (χ2v) is 5.27. The van der Waals surface area contributed by atoms with E-state index in [-0.39, 0.29) is 5.56 Å². The molecule has 1 aromatic heterocycles. The van der Waals surface area contributed by atoms with Crippen molar-refractivity contribution in [3.8, 4) is 0 Å². The van der Waals surface area contributed by atoms with Crippen LogP contribution in [0.25, 0.3) is 0 Å². The van der Waals surface area contributed by atoms with E-state index in [0.29, 0.717) is 38.7 Å². The maximum Gasteiger partial charge on any atom is 0.262 e. The lowest BCUT2D eigenvalue weighted by atomic mass is 10.2. The number of pyridine rings is 1. The Morgan fingerprint density at radius 3 is 2.62 bits per heavy atom. The van der Waals surface area contributed by atoms with E-state index in [1.54, 1.807) is 13.0 Å². The Morgan fingerprint density at radius 1 is 1.38 bits per heavy atom. The molecule has 1 aliphatic heterocycles. The predicted octanol–water partition coefficient (Wildman–Crippen LogP) is 1.69. The Morgan fingerprint density at radius 2 is 2.05 bits per heavy atom. The highest BCUT2D eigenvalue weighted by molar-refractivity contribution is 5.55. The molecule has 0 bridgehead atoms. The van der Waals surface area contributed by atoms with Gasteiger partial charge in [0, 0.05) is 44.4 Å². The summed E-state index contributed by atoms with van der Waals surface area (Å²) in [5.41, 5.74) is 0.460. The summed E-state index contributed by atoms with van der Waals surface area (Å²) in [5.74, 6) is -2.39. The molecule has 2 rings (SSSR count). The molecule has 118 valence electrons. The van der Waals surface area contributed by atoms with Crippen molar-refractivity contribution in [2.75, 3.05) is 49.2 Å². The molecule has 7 heteroatoms.